The van der Waals surface area contributed by atoms with Crippen LogP contribution in [0.4, 0.5) is 0 Å². The van der Waals surface area contributed by atoms with Gasteiger partial charge in [0, 0.05) is 24.2 Å². The summed E-state index contributed by atoms with van der Waals surface area (Å²) in [6.07, 6.45) is 0.327. The Kier molecular flexibility index (Phi) is 6.21. The number of phenolic OH excluding ortho intramolecular Hbond substituents is 1. The number of fused-ring (bicyclic) bond motifs is 1. The normalized spacial score (nSPS) is 12.1. The number of hydrogen-bond acceptors (Lipinski definition) is 5. The minimum absolute atomic E-state index is 0.0451. The number of aromatic nitrogens is 1. The van der Waals surface area contributed by atoms with E-state index >= 15 is 0 Å². The first-order chi connectivity index (χ1) is 15.0. The maximum atomic E-state index is 12.3. The number of nitrogens with zero attached hydrogens (tertiary/aromatic N) is 1. The number of halogens is 1. The van der Waals surface area contributed by atoms with E-state index in [9.17, 15) is 9.90 Å². The average molecular weight is 437 g/mol. The molecule has 0 bridgehead atoms. The second-order valence-electron chi connectivity index (χ2n) is 7.04. The number of hydrogen-bond donors (Lipinski definition) is 2. The summed E-state index contributed by atoms with van der Waals surface area (Å²) in [5, 5.41) is 13.3. The number of ether oxygens (including phenoxy) is 1. The Balaban J connectivity index is 1.45. The molecule has 0 saturated heterocycles. The molecule has 0 fully saturated rings. The number of rotatable bonds is 7. The van der Waals surface area contributed by atoms with Gasteiger partial charge < -0.3 is 19.6 Å². The van der Waals surface area contributed by atoms with E-state index in [0.29, 0.717) is 29.5 Å². The minimum atomic E-state index is -0.326. The third-order valence-corrected chi connectivity index (χ3v) is 5.25. The molecule has 0 aliphatic rings. The zero-order valence-electron chi connectivity index (χ0n) is 16.8. The smallest absolute Gasteiger partial charge is 0.255 e. The minimum Gasteiger partial charge on any atom is -0.507 e. The van der Waals surface area contributed by atoms with Crippen molar-refractivity contribution in [3.05, 3.63) is 82.9 Å². The lowest BCUT2D eigenvalue weighted by Crippen LogP contribution is -2.26. The highest BCUT2D eigenvalue weighted by Gasteiger charge is 2.16. The predicted molar refractivity (Wildman–Crippen MR) is 119 cm³/mol. The van der Waals surface area contributed by atoms with Crippen LogP contribution in [0.5, 0.6) is 5.75 Å². The first-order valence-corrected chi connectivity index (χ1v) is 10.2. The lowest BCUT2D eigenvalue weighted by molar-refractivity contribution is 0.0871. The van der Waals surface area contributed by atoms with Gasteiger partial charge in [0.1, 0.15) is 11.3 Å². The standard InChI is InChI=1S/C24H21ClN2O4/c1-30-21(12-13-26-23(29)18-4-2-3-5-20(18)28)16-8-11-22-19(14-16)27-24(31-22)15-6-9-17(25)10-7-15/h2-11,14,21,28H,12-13H2,1H3,(H,26,29). The molecule has 1 atom stereocenters. The summed E-state index contributed by atoms with van der Waals surface area (Å²) in [6.45, 7) is 0.387. The van der Waals surface area contributed by atoms with Crippen LogP contribution in [0.1, 0.15) is 28.4 Å². The summed E-state index contributed by atoms with van der Waals surface area (Å²) in [5.41, 5.74) is 3.43. The molecule has 0 saturated carbocycles. The van der Waals surface area contributed by atoms with E-state index in [1.54, 1.807) is 37.4 Å². The Hall–Kier alpha value is -3.35. The molecule has 1 aromatic heterocycles. The van der Waals surface area contributed by atoms with E-state index in [1.807, 2.05) is 30.3 Å². The van der Waals surface area contributed by atoms with Crippen molar-refractivity contribution in [2.45, 2.75) is 12.5 Å². The first-order valence-electron chi connectivity index (χ1n) is 9.80. The summed E-state index contributed by atoms with van der Waals surface area (Å²) in [5.74, 6) is 0.150. The molecule has 4 rings (SSSR count). The van der Waals surface area contributed by atoms with E-state index in [-0.39, 0.29) is 23.3 Å². The van der Waals surface area contributed by atoms with Crippen LogP contribution >= 0.6 is 11.6 Å². The molecule has 6 nitrogen and oxygen atoms in total. The summed E-state index contributed by atoms with van der Waals surface area (Å²) < 4.78 is 11.5. The third-order valence-electron chi connectivity index (χ3n) is 5.00. The van der Waals surface area contributed by atoms with Crippen LogP contribution < -0.4 is 5.32 Å². The van der Waals surface area contributed by atoms with Crippen LogP contribution in [-0.4, -0.2) is 29.7 Å². The molecule has 1 unspecified atom stereocenters. The molecule has 0 radical (unpaired) electrons. The second kappa shape index (κ2) is 9.20. The van der Waals surface area contributed by atoms with Crippen LogP contribution in [0.3, 0.4) is 0 Å². The van der Waals surface area contributed by atoms with Crippen molar-refractivity contribution in [3.63, 3.8) is 0 Å². The predicted octanol–water partition coefficient (Wildman–Crippen LogP) is 5.36. The lowest BCUT2D eigenvalue weighted by atomic mass is 10.1. The maximum absolute atomic E-state index is 12.3. The summed E-state index contributed by atoms with van der Waals surface area (Å²) in [4.78, 5) is 16.8. The van der Waals surface area contributed by atoms with E-state index in [2.05, 4.69) is 10.3 Å². The number of carbonyl (C=O) groups is 1. The molecule has 0 aliphatic heterocycles. The molecule has 1 amide bonds. The Morgan fingerprint density at radius 1 is 1.16 bits per heavy atom. The Bertz CT molecular complexity index is 1200. The van der Waals surface area contributed by atoms with Gasteiger partial charge in [0.2, 0.25) is 5.89 Å². The topological polar surface area (TPSA) is 84.6 Å². The molecular weight excluding hydrogens is 416 g/mol. The van der Waals surface area contributed by atoms with Gasteiger partial charge >= 0.3 is 0 Å². The molecule has 1 heterocycles. The van der Waals surface area contributed by atoms with Gasteiger partial charge in [0.05, 0.1) is 11.7 Å². The zero-order valence-corrected chi connectivity index (χ0v) is 17.6. The highest BCUT2D eigenvalue weighted by atomic mass is 35.5. The fourth-order valence-corrected chi connectivity index (χ4v) is 3.48. The van der Waals surface area contributed by atoms with E-state index < -0.39 is 0 Å². The number of oxazole rings is 1. The third kappa shape index (κ3) is 4.71. The number of carbonyl (C=O) groups excluding carboxylic acids is 1. The molecule has 158 valence electrons. The number of amides is 1. The number of phenols is 1. The van der Waals surface area contributed by atoms with Crippen LogP contribution in [0.2, 0.25) is 5.02 Å². The van der Waals surface area contributed by atoms with Gasteiger partial charge in [-0.2, -0.15) is 0 Å². The van der Waals surface area contributed by atoms with Crippen molar-refractivity contribution in [1.29, 1.82) is 0 Å². The fourth-order valence-electron chi connectivity index (χ4n) is 3.36. The molecule has 0 spiro atoms. The quantitative estimate of drug-likeness (QED) is 0.407. The van der Waals surface area contributed by atoms with Crippen molar-refractivity contribution in [2.75, 3.05) is 13.7 Å². The van der Waals surface area contributed by atoms with E-state index in [0.717, 1.165) is 16.6 Å². The summed E-state index contributed by atoms with van der Waals surface area (Å²) in [6, 6.07) is 19.5. The van der Waals surface area contributed by atoms with Gasteiger partial charge in [0.25, 0.3) is 5.91 Å². The molecule has 4 aromatic rings. The number of methoxy groups -OCH3 is 1. The Labute approximate surface area is 184 Å². The van der Waals surface area contributed by atoms with Gasteiger partial charge in [-0.3, -0.25) is 4.79 Å². The fraction of sp³-hybridized carbons (Fsp3) is 0.167. The molecule has 3 aromatic carbocycles. The molecule has 2 N–H and O–H groups in total. The van der Waals surface area contributed by atoms with Crippen LogP contribution in [0.25, 0.3) is 22.6 Å². The lowest BCUT2D eigenvalue weighted by Gasteiger charge is -2.16. The molecule has 7 heteroatoms. The van der Waals surface area contributed by atoms with Crippen molar-refractivity contribution in [3.8, 4) is 17.2 Å². The van der Waals surface area contributed by atoms with Crippen LogP contribution in [-0.2, 0) is 4.74 Å². The van der Waals surface area contributed by atoms with Gasteiger partial charge in [-0.1, -0.05) is 29.8 Å². The van der Waals surface area contributed by atoms with Crippen molar-refractivity contribution in [1.82, 2.24) is 10.3 Å². The van der Waals surface area contributed by atoms with E-state index in [1.165, 1.54) is 6.07 Å². The van der Waals surface area contributed by atoms with E-state index in [4.69, 9.17) is 20.8 Å². The number of para-hydroxylation sites is 1. The maximum Gasteiger partial charge on any atom is 0.255 e. The number of aromatic hydroxyl groups is 1. The second-order valence-corrected chi connectivity index (χ2v) is 7.48. The zero-order chi connectivity index (χ0) is 21.8. The van der Waals surface area contributed by atoms with Gasteiger partial charge in [-0.15, -0.1) is 0 Å². The van der Waals surface area contributed by atoms with Crippen molar-refractivity contribution < 1.29 is 19.1 Å². The van der Waals surface area contributed by atoms with Gasteiger partial charge in [0.15, 0.2) is 5.58 Å². The highest BCUT2D eigenvalue weighted by Crippen LogP contribution is 2.29. The van der Waals surface area contributed by atoms with Crippen LogP contribution in [0.15, 0.2) is 71.1 Å². The summed E-state index contributed by atoms with van der Waals surface area (Å²) >= 11 is 5.95. The molecule has 0 aliphatic carbocycles. The Morgan fingerprint density at radius 2 is 1.94 bits per heavy atom. The van der Waals surface area contributed by atoms with Crippen LogP contribution in [0, 0.1) is 0 Å². The van der Waals surface area contributed by atoms with Crippen molar-refractivity contribution in [2.24, 2.45) is 0 Å². The number of benzene rings is 3. The Morgan fingerprint density at radius 3 is 2.68 bits per heavy atom. The largest absolute Gasteiger partial charge is 0.507 e. The first kappa shape index (κ1) is 20.9. The van der Waals surface area contributed by atoms with Gasteiger partial charge in [-0.05, 0) is 60.5 Å². The molecular formula is C24H21ClN2O4. The highest BCUT2D eigenvalue weighted by molar-refractivity contribution is 6.30. The SMILES string of the molecule is COC(CCNC(=O)c1ccccc1O)c1ccc2oc(-c3ccc(Cl)cc3)nc2c1. The van der Waals surface area contributed by atoms with Crippen molar-refractivity contribution >= 4 is 28.6 Å². The monoisotopic (exact) mass is 436 g/mol. The number of nitrogens with one attached hydrogen (secondary N) is 1. The summed E-state index contributed by atoms with van der Waals surface area (Å²) in [7, 11) is 1.63. The average Bonchev–Trinajstić information content (AvgIpc) is 3.21. The molecule has 31 heavy (non-hydrogen) atoms. The van der Waals surface area contributed by atoms with Gasteiger partial charge in [-0.25, -0.2) is 4.98 Å².